The Morgan fingerprint density at radius 1 is 0.967 bits per heavy atom. The second kappa shape index (κ2) is 9.98. The zero-order valence-electron chi connectivity index (χ0n) is 17.0. The summed E-state index contributed by atoms with van der Waals surface area (Å²) in [6.07, 6.45) is 0. The van der Waals surface area contributed by atoms with Crippen LogP contribution in [0.5, 0.6) is 5.75 Å². The third kappa shape index (κ3) is 5.53. The summed E-state index contributed by atoms with van der Waals surface area (Å²) in [5, 5.41) is 0.492. The second-order valence-electron chi connectivity index (χ2n) is 6.77. The maximum Gasteiger partial charge on any atom is 0.240 e. The van der Waals surface area contributed by atoms with Crippen LogP contribution in [-0.2, 0) is 10.0 Å². The van der Waals surface area contributed by atoms with Crippen molar-refractivity contribution >= 4 is 27.3 Å². The summed E-state index contributed by atoms with van der Waals surface area (Å²) in [5.74, 6) is 0.800. The van der Waals surface area contributed by atoms with Crippen LogP contribution in [0, 0.1) is 0 Å². The molecule has 3 aromatic carbocycles. The van der Waals surface area contributed by atoms with Gasteiger partial charge in [0, 0.05) is 24.3 Å². The van der Waals surface area contributed by atoms with E-state index in [9.17, 15) is 8.42 Å². The van der Waals surface area contributed by atoms with Crippen LogP contribution in [0.4, 0.5) is 5.69 Å². The lowest BCUT2D eigenvalue weighted by atomic mass is 10.1. The smallest absolute Gasteiger partial charge is 0.240 e. The zero-order valence-corrected chi connectivity index (χ0v) is 18.5. The molecular weight excluding hydrogens is 420 g/mol. The maximum atomic E-state index is 12.8. The van der Waals surface area contributed by atoms with Gasteiger partial charge in [0.25, 0.3) is 0 Å². The molecule has 0 aromatic heterocycles. The van der Waals surface area contributed by atoms with E-state index < -0.39 is 10.0 Å². The minimum Gasteiger partial charge on any atom is -0.494 e. The van der Waals surface area contributed by atoms with Crippen molar-refractivity contribution in [3.05, 3.63) is 89.4 Å². The predicted octanol–water partition coefficient (Wildman–Crippen LogP) is 4.89. The molecule has 30 heavy (non-hydrogen) atoms. The number of halogens is 1. The average Bonchev–Trinajstić information content (AvgIpc) is 2.75. The molecule has 0 bridgehead atoms. The van der Waals surface area contributed by atoms with E-state index in [2.05, 4.69) is 9.62 Å². The van der Waals surface area contributed by atoms with Crippen molar-refractivity contribution in [1.29, 1.82) is 0 Å². The summed E-state index contributed by atoms with van der Waals surface area (Å²) in [5.41, 5.74) is 1.96. The molecular formula is C23H25ClN2O3S. The fourth-order valence-electron chi connectivity index (χ4n) is 3.16. The fourth-order valence-corrected chi connectivity index (χ4v) is 4.33. The van der Waals surface area contributed by atoms with E-state index in [1.165, 1.54) is 12.1 Å². The van der Waals surface area contributed by atoms with Gasteiger partial charge in [-0.25, -0.2) is 13.1 Å². The van der Waals surface area contributed by atoms with Crippen LogP contribution in [0.2, 0.25) is 5.02 Å². The summed E-state index contributed by atoms with van der Waals surface area (Å²) in [6, 6.07) is 23.5. The van der Waals surface area contributed by atoms with Gasteiger partial charge in [-0.1, -0.05) is 41.9 Å². The normalized spacial score (nSPS) is 12.4. The van der Waals surface area contributed by atoms with Gasteiger partial charge in [0.05, 0.1) is 17.5 Å². The molecule has 3 rings (SSSR count). The summed E-state index contributed by atoms with van der Waals surface area (Å²) in [6.45, 7) is 2.76. The first-order chi connectivity index (χ1) is 14.4. The monoisotopic (exact) mass is 444 g/mol. The van der Waals surface area contributed by atoms with Crippen LogP contribution >= 0.6 is 11.6 Å². The van der Waals surface area contributed by atoms with Gasteiger partial charge in [-0.3, -0.25) is 0 Å². The highest BCUT2D eigenvalue weighted by molar-refractivity contribution is 7.89. The third-order valence-electron chi connectivity index (χ3n) is 4.80. The molecule has 0 spiro atoms. The van der Waals surface area contributed by atoms with E-state index in [4.69, 9.17) is 16.3 Å². The maximum absolute atomic E-state index is 12.8. The molecule has 0 saturated carbocycles. The minimum absolute atomic E-state index is 0.183. The van der Waals surface area contributed by atoms with Crippen molar-refractivity contribution in [2.24, 2.45) is 0 Å². The molecule has 0 aliphatic carbocycles. The number of likely N-dealkylation sites (N-methyl/N-ethyl adjacent to an activating group) is 1. The molecule has 0 aliphatic rings. The summed E-state index contributed by atoms with van der Waals surface area (Å²) in [4.78, 5) is 2.23. The highest BCUT2D eigenvalue weighted by Gasteiger charge is 2.22. The van der Waals surface area contributed by atoms with Crippen LogP contribution in [-0.4, -0.2) is 28.6 Å². The number of nitrogens with zero attached hydrogens (tertiary/aromatic N) is 1. The van der Waals surface area contributed by atoms with E-state index in [1.807, 2.05) is 68.6 Å². The lowest BCUT2D eigenvalue weighted by Gasteiger charge is -2.31. The second-order valence-corrected chi connectivity index (χ2v) is 8.97. The first kappa shape index (κ1) is 22.2. The number of anilines is 1. The molecule has 1 unspecified atom stereocenters. The lowest BCUT2D eigenvalue weighted by molar-refractivity contribution is 0.340. The van der Waals surface area contributed by atoms with Gasteiger partial charge < -0.3 is 9.64 Å². The Bertz CT molecular complexity index is 1040. The van der Waals surface area contributed by atoms with Crippen molar-refractivity contribution < 1.29 is 13.2 Å². The number of benzene rings is 3. The van der Waals surface area contributed by atoms with E-state index >= 15 is 0 Å². The number of hydrogen-bond acceptors (Lipinski definition) is 4. The Balaban J connectivity index is 1.83. The van der Waals surface area contributed by atoms with Crippen molar-refractivity contribution in [2.45, 2.75) is 17.9 Å². The minimum atomic E-state index is -3.67. The molecule has 0 heterocycles. The lowest BCUT2D eigenvalue weighted by Crippen LogP contribution is -2.36. The van der Waals surface area contributed by atoms with Crippen LogP contribution < -0.4 is 14.4 Å². The van der Waals surface area contributed by atoms with Gasteiger partial charge in [0.15, 0.2) is 0 Å². The van der Waals surface area contributed by atoms with Crippen molar-refractivity contribution in [3.63, 3.8) is 0 Å². The Labute approximate surface area is 183 Å². The molecule has 1 N–H and O–H groups in total. The van der Waals surface area contributed by atoms with Crippen LogP contribution in [0.1, 0.15) is 18.5 Å². The van der Waals surface area contributed by atoms with Gasteiger partial charge in [-0.15, -0.1) is 0 Å². The highest BCUT2D eigenvalue weighted by Crippen LogP contribution is 2.27. The van der Waals surface area contributed by atoms with Gasteiger partial charge >= 0.3 is 0 Å². The molecule has 0 radical (unpaired) electrons. The van der Waals surface area contributed by atoms with Crippen LogP contribution in [0.15, 0.2) is 83.8 Å². The number of hydrogen-bond donors (Lipinski definition) is 1. The standard InChI is InChI=1S/C23H25ClN2O3S/c1-3-29-21-13-11-20(12-14-21)26(2)23(18-7-5-4-6-8-18)17-25-30(27,28)22-15-9-19(24)10-16-22/h4-16,23,25H,3,17H2,1-2H3. The highest BCUT2D eigenvalue weighted by atomic mass is 35.5. The van der Waals surface area contributed by atoms with Crippen LogP contribution in [0.3, 0.4) is 0 Å². The molecule has 0 aliphatic heterocycles. The van der Waals surface area contributed by atoms with Crippen LogP contribution in [0.25, 0.3) is 0 Å². The number of nitrogens with one attached hydrogen (secondary N) is 1. The summed E-state index contributed by atoms with van der Waals surface area (Å²) < 4.78 is 33.8. The van der Waals surface area contributed by atoms with Crippen molar-refractivity contribution in [1.82, 2.24) is 4.72 Å². The molecule has 1 atom stereocenters. The van der Waals surface area contributed by atoms with E-state index in [1.54, 1.807) is 12.1 Å². The first-order valence-corrected chi connectivity index (χ1v) is 11.5. The van der Waals surface area contributed by atoms with E-state index in [0.717, 1.165) is 17.0 Å². The van der Waals surface area contributed by atoms with Gasteiger partial charge in [-0.2, -0.15) is 0 Å². The molecule has 0 amide bonds. The fraction of sp³-hybridized carbons (Fsp3) is 0.217. The number of rotatable bonds is 9. The average molecular weight is 445 g/mol. The molecule has 0 fully saturated rings. The third-order valence-corrected chi connectivity index (χ3v) is 6.49. The van der Waals surface area contributed by atoms with Gasteiger partial charge in [-0.05, 0) is 61.0 Å². The molecule has 0 saturated heterocycles. The summed E-state index contributed by atoms with van der Waals surface area (Å²) >= 11 is 5.88. The molecule has 158 valence electrons. The SMILES string of the molecule is CCOc1ccc(N(C)C(CNS(=O)(=O)c2ccc(Cl)cc2)c2ccccc2)cc1. The van der Waals surface area contributed by atoms with Gasteiger partial charge in [0.2, 0.25) is 10.0 Å². The van der Waals surface area contributed by atoms with Crippen molar-refractivity contribution in [3.8, 4) is 5.75 Å². The Morgan fingerprint density at radius 3 is 2.20 bits per heavy atom. The quantitative estimate of drug-likeness (QED) is 0.510. The molecule has 7 heteroatoms. The topological polar surface area (TPSA) is 58.6 Å². The van der Waals surface area contributed by atoms with Crippen molar-refractivity contribution in [2.75, 3.05) is 25.1 Å². The largest absolute Gasteiger partial charge is 0.494 e. The number of ether oxygens (including phenoxy) is 1. The predicted molar refractivity (Wildman–Crippen MR) is 122 cm³/mol. The molecule has 3 aromatic rings. The summed E-state index contributed by atoms with van der Waals surface area (Å²) in [7, 11) is -1.72. The Kier molecular flexibility index (Phi) is 7.37. The Morgan fingerprint density at radius 2 is 1.60 bits per heavy atom. The Hall–Kier alpha value is -2.54. The molecule has 5 nitrogen and oxygen atoms in total. The zero-order chi connectivity index (χ0) is 21.6. The first-order valence-electron chi connectivity index (χ1n) is 9.66. The van der Waals surface area contributed by atoms with E-state index in [-0.39, 0.29) is 17.5 Å². The van der Waals surface area contributed by atoms with E-state index in [0.29, 0.717) is 11.6 Å². The number of sulfonamides is 1. The van der Waals surface area contributed by atoms with Gasteiger partial charge in [0.1, 0.15) is 5.75 Å².